The van der Waals surface area contributed by atoms with Gasteiger partial charge in [0.25, 0.3) is 5.91 Å². The number of imide groups is 1. The molecule has 3 aromatic carbocycles. The summed E-state index contributed by atoms with van der Waals surface area (Å²) in [6.07, 6.45) is -0.414. The maximum atomic E-state index is 13.6. The fourth-order valence-electron chi connectivity index (χ4n) is 3.88. The maximum Gasteiger partial charge on any atom is 0.337 e. The van der Waals surface area contributed by atoms with Crippen molar-refractivity contribution in [2.75, 3.05) is 12.0 Å². The highest BCUT2D eigenvalue weighted by Crippen LogP contribution is 2.32. The van der Waals surface area contributed by atoms with Crippen molar-refractivity contribution in [3.63, 3.8) is 0 Å². The number of anilines is 1. The lowest BCUT2D eigenvalue weighted by atomic mass is 10.2. The van der Waals surface area contributed by atoms with Gasteiger partial charge in [-0.3, -0.25) is 9.59 Å². The van der Waals surface area contributed by atoms with Crippen molar-refractivity contribution in [1.82, 2.24) is 4.31 Å². The minimum absolute atomic E-state index is 0.178. The number of nitrogens with zero attached hydrogens (tertiary/aromatic N) is 2. The molecule has 0 saturated carbocycles. The number of halogens is 2. The molecule has 1 atom stereocenters. The van der Waals surface area contributed by atoms with E-state index in [1.807, 2.05) is 0 Å². The van der Waals surface area contributed by atoms with E-state index in [0.29, 0.717) is 5.56 Å². The Labute approximate surface area is 211 Å². The third-order valence-corrected chi connectivity index (χ3v) is 7.96. The molecule has 3 aromatic rings. The number of rotatable bonds is 7. The van der Waals surface area contributed by atoms with Crippen LogP contribution in [-0.4, -0.2) is 43.7 Å². The zero-order chi connectivity index (χ0) is 26.0. The number of hydrogen-bond acceptors (Lipinski definition) is 6. The summed E-state index contributed by atoms with van der Waals surface area (Å²) in [5.41, 5.74) is 0.819. The number of sulfonamides is 1. The second-order valence-corrected chi connectivity index (χ2v) is 10.2. The lowest BCUT2D eigenvalue weighted by molar-refractivity contribution is -0.122. The van der Waals surface area contributed by atoms with Crippen molar-refractivity contribution in [2.24, 2.45) is 0 Å². The normalized spacial score (nSPS) is 16.0. The fraction of sp³-hybridized carbons (Fsp3) is 0.160. The molecule has 1 unspecified atom stereocenters. The number of esters is 1. The SMILES string of the molecule is COC(=O)c1ccc(N2C(=O)CC(N(Cc3ccccc3Cl)S(=O)(=O)c3ccc(F)cc3)C2=O)cc1. The molecule has 1 heterocycles. The number of methoxy groups -OCH3 is 1. The Morgan fingerprint density at radius 3 is 2.31 bits per heavy atom. The van der Waals surface area contributed by atoms with E-state index in [4.69, 9.17) is 11.6 Å². The van der Waals surface area contributed by atoms with Crippen molar-refractivity contribution in [3.05, 3.63) is 94.8 Å². The molecular formula is C25H20ClFN2O6S. The van der Waals surface area contributed by atoms with E-state index in [9.17, 15) is 27.2 Å². The number of amides is 2. The Morgan fingerprint density at radius 2 is 1.69 bits per heavy atom. The maximum absolute atomic E-state index is 13.6. The molecule has 2 amide bonds. The third-order valence-electron chi connectivity index (χ3n) is 5.72. The fourth-order valence-corrected chi connectivity index (χ4v) is 5.63. The summed E-state index contributed by atoms with van der Waals surface area (Å²) in [6.45, 7) is -0.293. The average Bonchev–Trinajstić information content (AvgIpc) is 3.16. The van der Waals surface area contributed by atoms with Crippen LogP contribution in [-0.2, 0) is 30.9 Å². The summed E-state index contributed by atoms with van der Waals surface area (Å²) in [4.78, 5) is 38.7. The first-order chi connectivity index (χ1) is 17.1. The Morgan fingerprint density at radius 1 is 1.06 bits per heavy atom. The van der Waals surface area contributed by atoms with Crippen LogP contribution in [0.5, 0.6) is 0 Å². The van der Waals surface area contributed by atoms with Gasteiger partial charge in [0.2, 0.25) is 15.9 Å². The van der Waals surface area contributed by atoms with E-state index in [0.717, 1.165) is 33.5 Å². The van der Waals surface area contributed by atoms with Gasteiger partial charge in [-0.2, -0.15) is 4.31 Å². The molecule has 0 N–H and O–H groups in total. The van der Waals surface area contributed by atoms with Crippen LogP contribution in [0, 0.1) is 5.82 Å². The van der Waals surface area contributed by atoms with Crippen molar-refractivity contribution < 1.29 is 31.9 Å². The smallest absolute Gasteiger partial charge is 0.337 e. The van der Waals surface area contributed by atoms with E-state index in [-0.39, 0.29) is 27.7 Å². The molecule has 1 aliphatic heterocycles. The van der Waals surface area contributed by atoms with E-state index in [1.54, 1.807) is 24.3 Å². The number of ether oxygens (including phenoxy) is 1. The molecule has 0 bridgehead atoms. The topological polar surface area (TPSA) is 101 Å². The molecule has 1 saturated heterocycles. The molecule has 1 fully saturated rings. The summed E-state index contributed by atoms with van der Waals surface area (Å²) in [7, 11) is -3.13. The van der Waals surface area contributed by atoms with Gasteiger partial charge in [0.05, 0.1) is 29.7 Å². The summed E-state index contributed by atoms with van der Waals surface area (Å²) >= 11 is 6.26. The van der Waals surface area contributed by atoms with Gasteiger partial charge in [-0.25, -0.2) is 22.5 Å². The van der Waals surface area contributed by atoms with Crippen LogP contribution in [0.25, 0.3) is 0 Å². The molecule has 36 heavy (non-hydrogen) atoms. The molecule has 0 radical (unpaired) electrons. The van der Waals surface area contributed by atoms with Crippen molar-refractivity contribution in [2.45, 2.75) is 23.9 Å². The van der Waals surface area contributed by atoms with Gasteiger partial charge in [-0.15, -0.1) is 0 Å². The van der Waals surface area contributed by atoms with Crippen LogP contribution < -0.4 is 4.90 Å². The Hall–Kier alpha value is -3.60. The van der Waals surface area contributed by atoms with Gasteiger partial charge in [0.1, 0.15) is 11.9 Å². The van der Waals surface area contributed by atoms with Crippen LogP contribution >= 0.6 is 11.6 Å². The van der Waals surface area contributed by atoms with Gasteiger partial charge < -0.3 is 4.74 Å². The lowest BCUT2D eigenvalue weighted by Gasteiger charge is -2.27. The second kappa shape index (κ2) is 10.2. The van der Waals surface area contributed by atoms with Crippen LogP contribution in [0.4, 0.5) is 10.1 Å². The van der Waals surface area contributed by atoms with Crippen molar-refractivity contribution >= 4 is 45.1 Å². The van der Waals surface area contributed by atoms with Crippen LogP contribution in [0.2, 0.25) is 5.02 Å². The van der Waals surface area contributed by atoms with Gasteiger partial charge in [-0.1, -0.05) is 29.8 Å². The molecular weight excluding hydrogens is 511 g/mol. The highest BCUT2D eigenvalue weighted by Gasteiger charge is 2.47. The molecule has 0 aliphatic carbocycles. The molecule has 1 aliphatic rings. The first-order valence-electron chi connectivity index (χ1n) is 10.7. The first-order valence-corrected chi connectivity index (χ1v) is 12.5. The lowest BCUT2D eigenvalue weighted by Crippen LogP contribution is -2.45. The molecule has 0 aromatic heterocycles. The Bertz CT molecular complexity index is 1430. The molecule has 186 valence electrons. The third kappa shape index (κ3) is 4.88. The van der Waals surface area contributed by atoms with E-state index < -0.39 is 46.1 Å². The predicted octanol–water partition coefficient (Wildman–Crippen LogP) is 3.79. The Kier molecular flexibility index (Phi) is 7.21. The van der Waals surface area contributed by atoms with E-state index >= 15 is 0 Å². The zero-order valence-electron chi connectivity index (χ0n) is 18.9. The monoisotopic (exact) mass is 530 g/mol. The molecule has 4 rings (SSSR count). The minimum atomic E-state index is -4.35. The summed E-state index contributed by atoms with van der Waals surface area (Å²) < 4.78 is 46.3. The largest absolute Gasteiger partial charge is 0.465 e. The Balaban J connectivity index is 1.73. The first kappa shape index (κ1) is 25.5. The number of carbonyl (C=O) groups excluding carboxylic acids is 3. The molecule has 8 nitrogen and oxygen atoms in total. The van der Waals surface area contributed by atoms with Crippen LogP contribution in [0.1, 0.15) is 22.3 Å². The van der Waals surface area contributed by atoms with Crippen LogP contribution in [0.15, 0.2) is 77.7 Å². The van der Waals surface area contributed by atoms with E-state index in [2.05, 4.69) is 4.74 Å². The molecule has 0 spiro atoms. The summed E-state index contributed by atoms with van der Waals surface area (Å²) in [5.74, 6) is -2.59. The van der Waals surface area contributed by atoms with Gasteiger partial charge in [0, 0.05) is 11.6 Å². The highest BCUT2D eigenvalue weighted by molar-refractivity contribution is 7.89. The van der Waals surface area contributed by atoms with Crippen molar-refractivity contribution in [1.29, 1.82) is 0 Å². The number of hydrogen-bond donors (Lipinski definition) is 0. The predicted molar refractivity (Wildman–Crippen MR) is 129 cm³/mol. The summed E-state index contributed by atoms with van der Waals surface area (Å²) in [5, 5.41) is 0.281. The van der Waals surface area contributed by atoms with Gasteiger partial charge >= 0.3 is 5.97 Å². The average molecular weight is 531 g/mol. The van der Waals surface area contributed by atoms with E-state index in [1.165, 1.54) is 31.4 Å². The minimum Gasteiger partial charge on any atom is -0.465 e. The summed E-state index contributed by atoms with van der Waals surface area (Å²) in [6, 6.07) is 14.9. The van der Waals surface area contributed by atoms with Crippen LogP contribution in [0.3, 0.4) is 0 Å². The standard InChI is InChI=1S/C25H20ClFN2O6S/c1-35-25(32)16-6-10-19(11-7-16)29-23(30)14-22(24(29)31)28(15-17-4-2-3-5-21(17)26)36(33,34)20-12-8-18(27)9-13-20/h2-13,22H,14-15H2,1H3. The zero-order valence-corrected chi connectivity index (χ0v) is 20.5. The van der Waals surface area contributed by atoms with Gasteiger partial charge in [0.15, 0.2) is 0 Å². The van der Waals surface area contributed by atoms with Gasteiger partial charge in [-0.05, 0) is 60.2 Å². The van der Waals surface area contributed by atoms with Crippen molar-refractivity contribution in [3.8, 4) is 0 Å². The molecule has 11 heteroatoms. The number of benzene rings is 3. The highest BCUT2D eigenvalue weighted by atomic mass is 35.5. The second-order valence-electron chi connectivity index (χ2n) is 7.92. The number of carbonyl (C=O) groups is 3. The quantitative estimate of drug-likeness (QED) is 0.340.